The molecule has 11 heavy (non-hydrogen) atoms. The molecule has 2 aliphatic heterocycles. The van der Waals surface area contributed by atoms with Crippen LogP contribution in [0.15, 0.2) is 15.0 Å². The monoisotopic (exact) mass is 151 g/mol. The normalized spacial score (nSPS) is 21.6. The number of hydrogen-bond donors (Lipinski definition) is 0. The molecule has 0 aromatic rings. The molecule has 0 unspecified atom stereocenters. The maximum atomic E-state index is 10.7. The van der Waals surface area contributed by atoms with E-state index < -0.39 is 0 Å². The first-order chi connectivity index (χ1) is 5.36. The predicted octanol–water partition coefficient (Wildman–Crippen LogP) is -0.575. The molecule has 0 bridgehead atoms. The van der Waals surface area contributed by atoms with E-state index in [-0.39, 0.29) is 12.5 Å². The summed E-state index contributed by atoms with van der Waals surface area (Å²) in [4.78, 5) is 22.0. The van der Waals surface area contributed by atoms with Gasteiger partial charge in [-0.05, 0) is 0 Å². The van der Waals surface area contributed by atoms with E-state index >= 15 is 0 Å². The second-order valence-electron chi connectivity index (χ2n) is 2.13. The highest BCUT2D eigenvalue weighted by Crippen LogP contribution is 2.01. The number of fused-ring (bicyclic) bond motifs is 1. The van der Waals surface area contributed by atoms with Crippen LogP contribution in [0.3, 0.4) is 0 Å². The molecule has 0 aromatic heterocycles. The summed E-state index contributed by atoms with van der Waals surface area (Å²) in [6, 6.07) is 0. The maximum Gasteiger partial charge on any atom is 0.284 e. The second kappa shape index (κ2) is 2.26. The predicted molar refractivity (Wildman–Crippen MR) is 39.2 cm³/mol. The highest BCUT2D eigenvalue weighted by Gasteiger charge is 2.20. The van der Waals surface area contributed by atoms with Crippen molar-refractivity contribution in [2.24, 2.45) is 15.0 Å². The molecule has 5 nitrogen and oxygen atoms in total. The van der Waals surface area contributed by atoms with Crippen LogP contribution in [0.25, 0.3) is 0 Å². The lowest BCUT2D eigenvalue weighted by molar-refractivity contribution is -0.120. The number of aliphatic imine (C=N–C) groups is 3. The smallest absolute Gasteiger partial charge is 0.284 e. The highest BCUT2D eigenvalue weighted by atomic mass is 16.5. The minimum absolute atomic E-state index is 0.00380. The highest BCUT2D eigenvalue weighted by molar-refractivity contribution is 6.44. The van der Waals surface area contributed by atoms with Crippen LogP contribution in [-0.4, -0.2) is 37.0 Å². The Hall–Kier alpha value is -1.52. The van der Waals surface area contributed by atoms with Gasteiger partial charge in [0.1, 0.15) is 12.1 Å². The van der Waals surface area contributed by atoms with Gasteiger partial charge >= 0.3 is 0 Å². The number of carbonyl (C=O) groups is 1. The Morgan fingerprint density at radius 1 is 1.55 bits per heavy atom. The fourth-order valence-electron chi connectivity index (χ4n) is 0.879. The van der Waals surface area contributed by atoms with Gasteiger partial charge in [0, 0.05) is 0 Å². The van der Waals surface area contributed by atoms with Gasteiger partial charge in [0.2, 0.25) is 5.90 Å². The topological polar surface area (TPSA) is 63.4 Å². The van der Waals surface area contributed by atoms with Crippen LogP contribution in [-0.2, 0) is 9.53 Å². The van der Waals surface area contributed by atoms with Gasteiger partial charge in [-0.25, -0.2) is 9.98 Å². The van der Waals surface area contributed by atoms with E-state index in [2.05, 4.69) is 15.0 Å². The van der Waals surface area contributed by atoms with E-state index in [4.69, 9.17) is 4.74 Å². The molecule has 2 heterocycles. The summed E-state index contributed by atoms with van der Waals surface area (Å²) in [5, 5.41) is 0. The van der Waals surface area contributed by atoms with E-state index in [1.165, 1.54) is 6.34 Å². The third-order valence-electron chi connectivity index (χ3n) is 1.34. The van der Waals surface area contributed by atoms with Gasteiger partial charge in [-0.15, -0.1) is 0 Å². The lowest BCUT2D eigenvalue weighted by Gasteiger charge is -2.14. The van der Waals surface area contributed by atoms with Crippen LogP contribution in [0.5, 0.6) is 0 Å². The minimum atomic E-state index is -0.268. The van der Waals surface area contributed by atoms with Gasteiger partial charge in [0.25, 0.3) is 5.91 Å². The summed E-state index contributed by atoms with van der Waals surface area (Å²) >= 11 is 0. The van der Waals surface area contributed by atoms with E-state index in [0.29, 0.717) is 18.2 Å². The summed E-state index contributed by atoms with van der Waals surface area (Å²) in [5.41, 5.74) is 0.531. The zero-order valence-electron chi connectivity index (χ0n) is 5.65. The molecule has 0 aromatic carbocycles. The third-order valence-corrected chi connectivity index (χ3v) is 1.34. The van der Waals surface area contributed by atoms with Crippen molar-refractivity contribution in [3.05, 3.63) is 0 Å². The Balaban J connectivity index is 2.37. The molecular formula is C6H5N3O2. The zero-order chi connectivity index (χ0) is 7.68. The fraction of sp³-hybridized carbons (Fsp3) is 0.333. The van der Waals surface area contributed by atoms with Crippen LogP contribution >= 0.6 is 0 Å². The zero-order valence-corrected chi connectivity index (χ0v) is 5.65. The molecule has 2 rings (SSSR count). The van der Waals surface area contributed by atoms with Crippen LogP contribution in [0, 0.1) is 0 Å². The average molecular weight is 151 g/mol. The Morgan fingerprint density at radius 2 is 2.45 bits per heavy atom. The van der Waals surface area contributed by atoms with Gasteiger partial charge in [-0.2, -0.15) is 0 Å². The van der Waals surface area contributed by atoms with Gasteiger partial charge in [0.15, 0.2) is 6.61 Å². The van der Waals surface area contributed by atoms with Crippen LogP contribution in [0.4, 0.5) is 0 Å². The van der Waals surface area contributed by atoms with E-state index in [1.54, 1.807) is 0 Å². The lowest BCUT2D eigenvalue weighted by Crippen LogP contribution is -2.31. The molecule has 0 saturated carbocycles. The van der Waals surface area contributed by atoms with E-state index in [1.807, 2.05) is 0 Å². The van der Waals surface area contributed by atoms with Crippen molar-refractivity contribution in [3.8, 4) is 0 Å². The molecule has 0 radical (unpaired) electrons. The molecule has 1 amide bonds. The Kier molecular flexibility index (Phi) is 1.28. The number of hydrogen-bond acceptors (Lipinski definition) is 4. The largest absolute Gasteiger partial charge is 0.466 e. The molecule has 0 saturated heterocycles. The molecule has 2 aliphatic rings. The third kappa shape index (κ3) is 1.04. The quantitative estimate of drug-likeness (QED) is 0.465. The number of ether oxygens (including phenoxy) is 1. The Labute approximate surface area is 62.5 Å². The average Bonchev–Trinajstić information content (AvgIpc) is 2.04. The molecule has 5 heteroatoms. The molecule has 0 N–H and O–H groups in total. The summed E-state index contributed by atoms with van der Waals surface area (Å²) in [6.45, 7) is 0.390. The first-order valence-electron chi connectivity index (χ1n) is 3.16. The molecule has 0 atom stereocenters. The van der Waals surface area contributed by atoms with Crippen molar-refractivity contribution >= 4 is 23.9 Å². The summed E-state index contributed by atoms with van der Waals surface area (Å²) in [6.07, 6.45) is 1.41. The van der Waals surface area contributed by atoms with E-state index in [0.717, 1.165) is 0 Å². The Morgan fingerprint density at radius 3 is 3.36 bits per heavy atom. The maximum absolute atomic E-state index is 10.7. The fourth-order valence-corrected chi connectivity index (χ4v) is 0.879. The first-order valence-corrected chi connectivity index (χ1v) is 3.16. The van der Waals surface area contributed by atoms with Crippen LogP contribution in [0.2, 0.25) is 0 Å². The summed E-state index contributed by atoms with van der Waals surface area (Å²) in [5.74, 6) is 0.163. The van der Waals surface area contributed by atoms with Gasteiger partial charge in [-0.3, -0.25) is 9.79 Å². The number of amides is 1. The molecule has 0 aliphatic carbocycles. The minimum Gasteiger partial charge on any atom is -0.466 e. The number of carbonyl (C=O) groups excluding carboxylic acids is 1. The number of nitrogens with zero attached hydrogens (tertiary/aromatic N) is 3. The van der Waals surface area contributed by atoms with Crippen molar-refractivity contribution < 1.29 is 9.53 Å². The van der Waals surface area contributed by atoms with Gasteiger partial charge in [0.05, 0.1) is 6.54 Å². The van der Waals surface area contributed by atoms with Crippen molar-refractivity contribution in [2.45, 2.75) is 0 Å². The van der Waals surface area contributed by atoms with Gasteiger partial charge in [-0.1, -0.05) is 0 Å². The standard InChI is InChI=1S/C6H5N3O2/c10-5-2-11-6-4(9-5)1-7-3-8-6/h3H,1-2H2. The van der Waals surface area contributed by atoms with Gasteiger partial charge < -0.3 is 4.74 Å². The van der Waals surface area contributed by atoms with E-state index in [9.17, 15) is 4.79 Å². The number of rotatable bonds is 0. The first kappa shape index (κ1) is 6.21. The SMILES string of the molecule is O=C1COC2=NC=NCC2=N1. The van der Waals surface area contributed by atoms with Crippen molar-refractivity contribution in [1.29, 1.82) is 0 Å². The summed E-state index contributed by atoms with van der Waals surface area (Å²) in [7, 11) is 0. The van der Waals surface area contributed by atoms with Crippen molar-refractivity contribution in [3.63, 3.8) is 0 Å². The Bertz CT molecular complexity index is 290. The second-order valence-corrected chi connectivity index (χ2v) is 2.13. The molecule has 0 fully saturated rings. The van der Waals surface area contributed by atoms with Crippen LogP contribution in [0.1, 0.15) is 0 Å². The molecular weight excluding hydrogens is 146 g/mol. The molecule has 56 valence electrons. The van der Waals surface area contributed by atoms with Crippen molar-refractivity contribution in [2.75, 3.05) is 13.2 Å². The summed E-state index contributed by atoms with van der Waals surface area (Å²) < 4.78 is 4.97. The van der Waals surface area contributed by atoms with Crippen molar-refractivity contribution in [1.82, 2.24) is 0 Å². The van der Waals surface area contributed by atoms with Crippen LogP contribution < -0.4 is 0 Å². The molecule has 0 spiro atoms. The lowest BCUT2D eigenvalue weighted by atomic mass is 10.3.